The number of alkyl halides is 3. The maximum Gasteiger partial charge on any atom is 0.406 e. The van der Waals surface area contributed by atoms with Crippen LogP contribution in [-0.4, -0.2) is 28.8 Å². The van der Waals surface area contributed by atoms with Crippen molar-refractivity contribution < 1.29 is 23.1 Å². The highest BCUT2D eigenvalue weighted by molar-refractivity contribution is 5.94. The molecular weight excluding hydrogens is 333 g/mol. The van der Waals surface area contributed by atoms with Gasteiger partial charge in [-0.15, -0.1) is 0 Å². The van der Waals surface area contributed by atoms with Crippen molar-refractivity contribution >= 4 is 11.7 Å². The Hall–Kier alpha value is -2.54. The maximum atomic E-state index is 13.1. The second-order valence-electron chi connectivity index (χ2n) is 5.90. The Labute approximate surface area is 142 Å². The highest BCUT2D eigenvalue weighted by Gasteiger charge is 2.50. The summed E-state index contributed by atoms with van der Waals surface area (Å²) >= 11 is 0. The van der Waals surface area contributed by atoms with E-state index in [0.29, 0.717) is 17.0 Å². The fourth-order valence-corrected chi connectivity index (χ4v) is 3.03. The third-order valence-corrected chi connectivity index (χ3v) is 4.26. The first-order valence-electron chi connectivity index (χ1n) is 7.82. The number of hydrogen-bond acceptors (Lipinski definition) is 2. The molecular formula is C18H17F3N2O2. The predicted molar refractivity (Wildman–Crippen MR) is 87.0 cm³/mol. The number of nitrogens with one attached hydrogen (secondary N) is 1. The number of carbonyl (C=O) groups excluding carboxylic acids is 1. The van der Waals surface area contributed by atoms with Crippen LogP contribution in [0.2, 0.25) is 0 Å². The lowest BCUT2D eigenvalue weighted by Gasteiger charge is -2.44. The fourth-order valence-electron chi connectivity index (χ4n) is 3.03. The highest BCUT2D eigenvalue weighted by Crippen LogP contribution is 2.42. The largest absolute Gasteiger partial charge is 0.406 e. The minimum atomic E-state index is -4.65. The summed E-state index contributed by atoms with van der Waals surface area (Å²) in [5.41, 5.74) is -0.645. The quantitative estimate of drug-likeness (QED) is 0.883. The second kappa shape index (κ2) is 6.07. The molecule has 3 rings (SSSR count). The molecule has 4 nitrogen and oxygen atoms in total. The van der Waals surface area contributed by atoms with E-state index >= 15 is 0 Å². The molecule has 2 amide bonds. The molecule has 7 heteroatoms. The molecule has 1 heterocycles. The van der Waals surface area contributed by atoms with Gasteiger partial charge in [0.05, 0.1) is 5.69 Å². The summed E-state index contributed by atoms with van der Waals surface area (Å²) in [4.78, 5) is 12.8. The summed E-state index contributed by atoms with van der Waals surface area (Å²) < 4.78 is 39.2. The van der Waals surface area contributed by atoms with E-state index in [0.717, 1.165) is 5.56 Å². The first-order chi connectivity index (χ1) is 11.8. The van der Waals surface area contributed by atoms with E-state index < -0.39 is 24.5 Å². The van der Waals surface area contributed by atoms with E-state index in [9.17, 15) is 23.1 Å². The first-order valence-corrected chi connectivity index (χ1v) is 7.82. The van der Waals surface area contributed by atoms with E-state index in [1.54, 1.807) is 36.4 Å². The van der Waals surface area contributed by atoms with Crippen molar-refractivity contribution in [3.8, 4) is 0 Å². The van der Waals surface area contributed by atoms with Gasteiger partial charge >= 0.3 is 12.2 Å². The topological polar surface area (TPSA) is 52.6 Å². The first kappa shape index (κ1) is 17.3. The molecule has 2 aromatic rings. The van der Waals surface area contributed by atoms with E-state index in [-0.39, 0.29) is 11.1 Å². The Kier molecular flexibility index (Phi) is 4.20. The minimum Gasteiger partial charge on any atom is -0.363 e. The minimum absolute atomic E-state index is 0.198. The molecule has 1 aliphatic heterocycles. The summed E-state index contributed by atoms with van der Waals surface area (Å²) in [5, 5.41) is 13.8. The molecule has 0 bridgehead atoms. The van der Waals surface area contributed by atoms with Gasteiger partial charge in [-0.3, -0.25) is 4.90 Å². The van der Waals surface area contributed by atoms with E-state index in [2.05, 4.69) is 5.32 Å². The van der Waals surface area contributed by atoms with Crippen molar-refractivity contribution in [1.29, 1.82) is 0 Å². The summed E-state index contributed by atoms with van der Waals surface area (Å²) in [6.07, 6.45) is -4.01. The molecule has 1 aliphatic rings. The number of halogens is 3. The van der Waals surface area contributed by atoms with Gasteiger partial charge in [-0.05, 0) is 24.1 Å². The van der Waals surface area contributed by atoms with Gasteiger partial charge in [0.15, 0.2) is 5.72 Å². The lowest BCUT2D eigenvalue weighted by atomic mass is 9.88. The van der Waals surface area contributed by atoms with Gasteiger partial charge in [0.2, 0.25) is 0 Å². The van der Waals surface area contributed by atoms with Gasteiger partial charge in [-0.2, -0.15) is 13.2 Å². The summed E-state index contributed by atoms with van der Waals surface area (Å²) in [5.74, 6) is 0. The van der Waals surface area contributed by atoms with Gasteiger partial charge < -0.3 is 10.4 Å². The Bertz CT molecular complexity index is 793. The average molecular weight is 350 g/mol. The second-order valence-corrected chi connectivity index (χ2v) is 5.90. The van der Waals surface area contributed by atoms with Crippen LogP contribution < -0.4 is 5.32 Å². The Morgan fingerprint density at radius 1 is 1.16 bits per heavy atom. The molecule has 0 fully saturated rings. The molecule has 25 heavy (non-hydrogen) atoms. The Morgan fingerprint density at radius 2 is 1.84 bits per heavy atom. The van der Waals surface area contributed by atoms with Gasteiger partial charge in [0.25, 0.3) is 0 Å². The third kappa shape index (κ3) is 3.07. The van der Waals surface area contributed by atoms with Gasteiger partial charge in [-0.1, -0.05) is 43.3 Å². The van der Waals surface area contributed by atoms with Gasteiger partial charge in [-0.25, -0.2) is 4.79 Å². The van der Waals surface area contributed by atoms with Crippen LogP contribution >= 0.6 is 0 Å². The van der Waals surface area contributed by atoms with Crippen LogP contribution in [0.25, 0.3) is 0 Å². The van der Waals surface area contributed by atoms with E-state index in [1.165, 1.54) is 12.1 Å². The number of aliphatic hydroxyl groups is 1. The number of carbonyl (C=O) groups is 1. The van der Waals surface area contributed by atoms with Crippen LogP contribution in [0.5, 0.6) is 0 Å². The van der Waals surface area contributed by atoms with Crippen LogP contribution in [0.15, 0.2) is 48.5 Å². The number of nitrogens with zero attached hydrogens (tertiary/aromatic N) is 1. The summed E-state index contributed by atoms with van der Waals surface area (Å²) in [6, 6.07) is 11.9. The molecule has 2 N–H and O–H groups in total. The Balaban J connectivity index is 2.24. The zero-order chi connectivity index (χ0) is 18.2. The number of rotatable bonds is 3. The SMILES string of the molecule is CCc1ccc2c(c1)C(O)(c1ccccc1)N(CC(F)(F)F)C(=O)N2. The number of aryl methyl sites for hydroxylation is 1. The number of amides is 2. The van der Waals surface area contributed by atoms with Crippen LogP contribution in [0.4, 0.5) is 23.7 Å². The normalized spacial score (nSPS) is 20.2. The molecule has 0 spiro atoms. The maximum absolute atomic E-state index is 13.1. The van der Waals surface area contributed by atoms with Crippen molar-refractivity contribution in [2.75, 3.05) is 11.9 Å². The van der Waals surface area contributed by atoms with Gasteiger partial charge in [0, 0.05) is 11.1 Å². The smallest absolute Gasteiger partial charge is 0.363 e. The predicted octanol–water partition coefficient (Wildman–Crippen LogP) is 3.85. The van der Waals surface area contributed by atoms with E-state index in [4.69, 9.17) is 0 Å². The summed E-state index contributed by atoms with van der Waals surface area (Å²) in [6.45, 7) is 0.332. The molecule has 0 radical (unpaired) electrons. The fraction of sp³-hybridized carbons (Fsp3) is 0.278. The third-order valence-electron chi connectivity index (χ3n) is 4.26. The van der Waals surface area contributed by atoms with Crippen LogP contribution in [0.1, 0.15) is 23.6 Å². The van der Waals surface area contributed by atoms with E-state index in [1.807, 2.05) is 6.92 Å². The van der Waals surface area contributed by atoms with Crippen molar-refractivity contribution in [3.05, 3.63) is 65.2 Å². The molecule has 0 saturated carbocycles. The van der Waals surface area contributed by atoms with Crippen molar-refractivity contribution in [2.24, 2.45) is 0 Å². The number of hydrogen-bond donors (Lipinski definition) is 2. The lowest BCUT2D eigenvalue weighted by molar-refractivity contribution is -0.172. The van der Waals surface area contributed by atoms with Crippen molar-refractivity contribution in [3.63, 3.8) is 0 Å². The molecule has 1 atom stereocenters. The van der Waals surface area contributed by atoms with Crippen LogP contribution in [0.3, 0.4) is 0 Å². The average Bonchev–Trinajstić information content (AvgIpc) is 2.58. The van der Waals surface area contributed by atoms with Crippen LogP contribution in [0, 0.1) is 0 Å². The molecule has 132 valence electrons. The Morgan fingerprint density at radius 3 is 2.44 bits per heavy atom. The summed E-state index contributed by atoms with van der Waals surface area (Å²) in [7, 11) is 0. The molecule has 0 saturated heterocycles. The molecule has 1 unspecified atom stereocenters. The number of benzene rings is 2. The standard InChI is InChI=1S/C18H17F3N2O2/c1-2-12-8-9-15-14(10-12)18(25,13-6-4-3-5-7-13)23(16(24)22-15)11-17(19,20)21/h3-10,25H,2,11H2,1H3,(H,22,24). The van der Waals surface area contributed by atoms with Crippen LogP contribution in [-0.2, 0) is 12.1 Å². The van der Waals surface area contributed by atoms with Crippen molar-refractivity contribution in [1.82, 2.24) is 4.90 Å². The molecule has 2 aromatic carbocycles. The zero-order valence-electron chi connectivity index (χ0n) is 13.5. The van der Waals surface area contributed by atoms with Crippen molar-refractivity contribution in [2.45, 2.75) is 25.2 Å². The van der Waals surface area contributed by atoms with Gasteiger partial charge in [0.1, 0.15) is 6.54 Å². The number of urea groups is 1. The number of fused-ring (bicyclic) bond motifs is 1. The highest BCUT2D eigenvalue weighted by atomic mass is 19.4. The monoisotopic (exact) mass is 350 g/mol. The molecule has 0 aromatic heterocycles. The molecule has 0 aliphatic carbocycles. The number of anilines is 1. The zero-order valence-corrected chi connectivity index (χ0v) is 13.5. The lowest BCUT2D eigenvalue weighted by Crippen LogP contribution is -2.58.